The third kappa shape index (κ3) is 5.59. The molecule has 2 amide bonds. The van der Waals surface area contributed by atoms with Crippen LogP contribution in [0.25, 0.3) is 11.0 Å². The Bertz CT molecular complexity index is 688. The van der Waals surface area contributed by atoms with Crippen LogP contribution < -0.4 is 10.6 Å². The second kappa shape index (κ2) is 8.65. The number of carbonyl (C=O) groups excluding carboxylic acids is 2. The number of rotatable bonds is 8. The number of hydrogen-bond donors (Lipinski definition) is 3. The van der Waals surface area contributed by atoms with Gasteiger partial charge < -0.3 is 15.6 Å². The summed E-state index contributed by atoms with van der Waals surface area (Å²) < 4.78 is 0. The Kier molecular flexibility index (Phi) is 6.56. The van der Waals surface area contributed by atoms with E-state index in [1.54, 1.807) is 0 Å². The fourth-order valence-corrected chi connectivity index (χ4v) is 2.68. The van der Waals surface area contributed by atoms with Gasteiger partial charge in [0.15, 0.2) is 0 Å². The number of nitrogens with zero attached hydrogens (tertiary/aromatic N) is 1. The Labute approximate surface area is 148 Å². The molecule has 0 aliphatic heterocycles. The van der Waals surface area contributed by atoms with Gasteiger partial charge in [-0.2, -0.15) is 0 Å². The quantitative estimate of drug-likeness (QED) is 0.687. The number of aromatic amines is 1. The zero-order chi connectivity index (χ0) is 18.4. The van der Waals surface area contributed by atoms with Crippen LogP contribution in [0.2, 0.25) is 0 Å². The van der Waals surface area contributed by atoms with Gasteiger partial charge in [0.05, 0.1) is 11.0 Å². The fraction of sp³-hybridized carbons (Fsp3) is 0.526. The number of aromatic nitrogens is 2. The number of H-pyrrole nitrogens is 1. The van der Waals surface area contributed by atoms with Gasteiger partial charge >= 0.3 is 0 Å². The van der Waals surface area contributed by atoms with E-state index < -0.39 is 6.04 Å². The van der Waals surface area contributed by atoms with Crippen molar-refractivity contribution in [2.75, 3.05) is 6.54 Å². The van der Waals surface area contributed by atoms with Crippen molar-refractivity contribution in [1.82, 2.24) is 20.6 Å². The van der Waals surface area contributed by atoms with Gasteiger partial charge in [-0.15, -0.1) is 0 Å². The standard InChI is InChI=1S/C19H28N4O2/c1-12(2)11-17(24)23-18(13(3)4)19(25)20-10-9-16-21-14-7-5-6-8-15(14)22-16/h5-8,12-13,18H,9-11H2,1-4H3,(H,20,25)(H,21,22)(H,23,24). The molecule has 1 heterocycles. The van der Waals surface area contributed by atoms with Crippen LogP contribution in [0.5, 0.6) is 0 Å². The number of hydrogen-bond acceptors (Lipinski definition) is 3. The monoisotopic (exact) mass is 344 g/mol. The minimum Gasteiger partial charge on any atom is -0.354 e. The van der Waals surface area contributed by atoms with Crippen LogP contribution in [0.1, 0.15) is 39.9 Å². The van der Waals surface area contributed by atoms with Crippen LogP contribution in [0.4, 0.5) is 0 Å². The number of amides is 2. The van der Waals surface area contributed by atoms with E-state index in [-0.39, 0.29) is 23.7 Å². The lowest BCUT2D eigenvalue weighted by atomic mass is 10.0. The summed E-state index contributed by atoms with van der Waals surface area (Å²) in [7, 11) is 0. The third-order valence-corrected chi connectivity index (χ3v) is 3.96. The van der Waals surface area contributed by atoms with E-state index in [1.807, 2.05) is 52.0 Å². The minimum atomic E-state index is -0.512. The van der Waals surface area contributed by atoms with Crippen LogP contribution in [-0.4, -0.2) is 34.4 Å². The molecule has 25 heavy (non-hydrogen) atoms. The molecule has 136 valence electrons. The first-order chi connectivity index (χ1) is 11.9. The van der Waals surface area contributed by atoms with Crippen molar-refractivity contribution in [2.24, 2.45) is 11.8 Å². The highest BCUT2D eigenvalue weighted by Gasteiger charge is 2.24. The molecule has 0 aliphatic carbocycles. The maximum atomic E-state index is 12.4. The van der Waals surface area contributed by atoms with Crippen molar-refractivity contribution < 1.29 is 9.59 Å². The predicted octanol–water partition coefficient (Wildman–Crippen LogP) is 2.41. The Balaban J connectivity index is 1.86. The summed E-state index contributed by atoms with van der Waals surface area (Å²) in [6.45, 7) is 8.30. The van der Waals surface area contributed by atoms with E-state index in [2.05, 4.69) is 20.6 Å². The number of carbonyl (C=O) groups is 2. The van der Waals surface area contributed by atoms with Crippen LogP contribution in [0, 0.1) is 11.8 Å². The molecule has 0 bridgehead atoms. The number of fused-ring (bicyclic) bond motifs is 1. The molecule has 3 N–H and O–H groups in total. The molecule has 0 saturated heterocycles. The van der Waals surface area contributed by atoms with Gasteiger partial charge in [-0.3, -0.25) is 9.59 Å². The van der Waals surface area contributed by atoms with Crippen molar-refractivity contribution in [1.29, 1.82) is 0 Å². The van der Waals surface area contributed by atoms with E-state index >= 15 is 0 Å². The van der Waals surface area contributed by atoms with E-state index in [1.165, 1.54) is 0 Å². The van der Waals surface area contributed by atoms with Crippen LogP contribution in [0.15, 0.2) is 24.3 Å². The second-order valence-electron chi connectivity index (χ2n) is 7.13. The summed E-state index contributed by atoms with van der Waals surface area (Å²) in [6, 6.07) is 7.32. The normalized spacial score (nSPS) is 12.6. The summed E-state index contributed by atoms with van der Waals surface area (Å²) in [5.41, 5.74) is 1.91. The average molecular weight is 344 g/mol. The van der Waals surface area contributed by atoms with Gasteiger partial charge in [0.2, 0.25) is 11.8 Å². The van der Waals surface area contributed by atoms with Crippen molar-refractivity contribution in [3.05, 3.63) is 30.1 Å². The first-order valence-corrected chi connectivity index (χ1v) is 8.87. The fourth-order valence-electron chi connectivity index (χ4n) is 2.68. The molecular weight excluding hydrogens is 316 g/mol. The third-order valence-electron chi connectivity index (χ3n) is 3.96. The molecule has 0 saturated carbocycles. The average Bonchev–Trinajstić information content (AvgIpc) is 2.94. The molecule has 2 rings (SSSR count). The predicted molar refractivity (Wildman–Crippen MR) is 99.0 cm³/mol. The van der Waals surface area contributed by atoms with E-state index in [0.29, 0.717) is 19.4 Å². The number of imidazole rings is 1. The maximum Gasteiger partial charge on any atom is 0.242 e. The van der Waals surface area contributed by atoms with Crippen molar-refractivity contribution >= 4 is 22.8 Å². The SMILES string of the molecule is CC(C)CC(=O)NC(C(=O)NCCc1nc2ccccc2[nH]1)C(C)C. The van der Waals surface area contributed by atoms with Crippen LogP contribution in [-0.2, 0) is 16.0 Å². The molecular formula is C19H28N4O2. The Hall–Kier alpha value is -2.37. The highest BCUT2D eigenvalue weighted by Crippen LogP contribution is 2.10. The molecule has 0 aliphatic rings. The first kappa shape index (κ1) is 19.0. The van der Waals surface area contributed by atoms with Crippen molar-refractivity contribution in [3.63, 3.8) is 0 Å². The first-order valence-electron chi connectivity index (χ1n) is 8.87. The molecule has 1 aromatic heterocycles. The molecule has 2 aromatic rings. The zero-order valence-electron chi connectivity index (χ0n) is 15.4. The number of benzene rings is 1. The molecule has 1 atom stereocenters. The van der Waals surface area contributed by atoms with Crippen molar-refractivity contribution in [3.8, 4) is 0 Å². The highest BCUT2D eigenvalue weighted by atomic mass is 16.2. The minimum absolute atomic E-state index is 0.0299. The molecule has 0 fully saturated rings. The zero-order valence-corrected chi connectivity index (χ0v) is 15.4. The van der Waals surface area contributed by atoms with Crippen LogP contribution in [0.3, 0.4) is 0 Å². The van der Waals surface area contributed by atoms with Crippen LogP contribution >= 0.6 is 0 Å². The molecule has 6 heteroatoms. The lowest BCUT2D eigenvalue weighted by Gasteiger charge is -2.22. The molecule has 0 spiro atoms. The van der Waals surface area contributed by atoms with Gasteiger partial charge in [-0.05, 0) is 24.0 Å². The summed E-state index contributed by atoms with van der Waals surface area (Å²) in [4.78, 5) is 32.1. The molecule has 1 aromatic carbocycles. The smallest absolute Gasteiger partial charge is 0.242 e. The van der Waals surface area contributed by atoms with Gasteiger partial charge in [0, 0.05) is 19.4 Å². The number of nitrogens with one attached hydrogen (secondary N) is 3. The second-order valence-corrected chi connectivity index (χ2v) is 7.13. The molecule has 1 unspecified atom stereocenters. The van der Waals surface area contributed by atoms with E-state index in [0.717, 1.165) is 16.9 Å². The van der Waals surface area contributed by atoms with Gasteiger partial charge in [-0.25, -0.2) is 4.98 Å². The Morgan fingerprint density at radius 3 is 2.52 bits per heavy atom. The maximum absolute atomic E-state index is 12.4. The number of para-hydroxylation sites is 2. The molecule has 6 nitrogen and oxygen atoms in total. The van der Waals surface area contributed by atoms with Crippen molar-refractivity contribution in [2.45, 2.75) is 46.6 Å². The summed E-state index contributed by atoms with van der Waals surface area (Å²) >= 11 is 0. The van der Waals surface area contributed by atoms with Gasteiger partial charge in [-0.1, -0.05) is 39.8 Å². The summed E-state index contributed by atoms with van der Waals surface area (Å²) in [5.74, 6) is 0.905. The molecule has 0 radical (unpaired) electrons. The Morgan fingerprint density at radius 1 is 1.16 bits per heavy atom. The summed E-state index contributed by atoms with van der Waals surface area (Å²) in [5, 5.41) is 5.75. The lowest BCUT2D eigenvalue weighted by Crippen LogP contribution is -2.50. The Morgan fingerprint density at radius 2 is 1.88 bits per heavy atom. The lowest BCUT2D eigenvalue weighted by molar-refractivity contribution is -0.130. The highest BCUT2D eigenvalue weighted by molar-refractivity contribution is 5.87. The van der Waals surface area contributed by atoms with E-state index in [9.17, 15) is 9.59 Å². The van der Waals surface area contributed by atoms with Gasteiger partial charge in [0.25, 0.3) is 0 Å². The largest absolute Gasteiger partial charge is 0.354 e. The van der Waals surface area contributed by atoms with Gasteiger partial charge in [0.1, 0.15) is 11.9 Å². The topological polar surface area (TPSA) is 86.9 Å². The van der Waals surface area contributed by atoms with E-state index in [4.69, 9.17) is 0 Å². The summed E-state index contributed by atoms with van der Waals surface area (Å²) in [6.07, 6.45) is 1.04.